The first-order valence-corrected chi connectivity index (χ1v) is 8.10. The van der Waals surface area contributed by atoms with E-state index in [0.29, 0.717) is 5.02 Å². The number of hydrogen-bond acceptors (Lipinski definition) is 2. The van der Waals surface area contributed by atoms with Gasteiger partial charge in [-0.25, -0.2) is 0 Å². The summed E-state index contributed by atoms with van der Waals surface area (Å²) in [5.41, 5.74) is 2.98. The van der Waals surface area contributed by atoms with E-state index in [2.05, 4.69) is 18.3 Å². The lowest BCUT2D eigenvalue weighted by Gasteiger charge is -2.19. The SMILES string of the molecule is CC[C@H](NC(=O)Cc1ccccc1Cl)c1ccc(OC)c(C)c1. The van der Waals surface area contributed by atoms with E-state index >= 15 is 0 Å². The standard InChI is InChI=1S/C19H22ClNO2/c1-4-17(15-9-10-18(23-3)13(2)11-15)21-19(22)12-14-7-5-6-8-16(14)20/h5-11,17H,4,12H2,1-3H3,(H,21,22)/t17-/m0/s1. The van der Waals surface area contributed by atoms with Gasteiger partial charge in [-0.2, -0.15) is 0 Å². The van der Waals surface area contributed by atoms with Gasteiger partial charge in [0.15, 0.2) is 0 Å². The number of amides is 1. The number of rotatable bonds is 6. The summed E-state index contributed by atoms with van der Waals surface area (Å²) in [6.45, 7) is 4.06. The third-order valence-corrected chi connectivity index (χ3v) is 4.24. The van der Waals surface area contributed by atoms with Gasteiger partial charge in [-0.15, -0.1) is 0 Å². The van der Waals surface area contributed by atoms with Gasteiger partial charge in [0.25, 0.3) is 0 Å². The minimum absolute atomic E-state index is 0.0189. The van der Waals surface area contributed by atoms with Gasteiger partial charge in [-0.1, -0.05) is 48.9 Å². The van der Waals surface area contributed by atoms with Crippen LogP contribution in [0, 0.1) is 6.92 Å². The van der Waals surface area contributed by atoms with Crippen molar-refractivity contribution in [1.29, 1.82) is 0 Å². The van der Waals surface area contributed by atoms with Crippen molar-refractivity contribution in [1.82, 2.24) is 5.32 Å². The number of carbonyl (C=O) groups excluding carboxylic acids is 1. The molecule has 23 heavy (non-hydrogen) atoms. The minimum atomic E-state index is -0.0292. The Morgan fingerprint density at radius 2 is 2.00 bits per heavy atom. The Hall–Kier alpha value is -2.00. The second-order valence-electron chi connectivity index (χ2n) is 5.53. The quantitative estimate of drug-likeness (QED) is 0.848. The van der Waals surface area contributed by atoms with Crippen LogP contribution in [-0.4, -0.2) is 13.0 Å². The molecule has 4 heteroatoms. The molecular weight excluding hydrogens is 310 g/mol. The molecule has 0 saturated heterocycles. The van der Waals surface area contributed by atoms with Gasteiger partial charge in [0.2, 0.25) is 5.91 Å². The molecule has 0 aliphatic rings. The Morgan fingerprint density at radius 1 is 1.26 bits per heavy atom. The van der Waals surface area contributed by atoms with Crippen LogP contribution in [0.15, 0.2) is 42.5 Å². The van der Waals surface area contributed by atoms with E-state index < -0.39 is 0 Å². The highest BCUT2D eigenvalue weighted by molar-refractivity contribution is 6.31. The van der Waals surface area contributed by atoms with E-state index in [4.69, 9.17) is 16.3 Å². The van der Waals surface area contributed by atoms with Crippen molar-refractivity contribution in [3.8, 4) is 5.75 Å². The van der Waals surface area contributed by atoms with Gasteiger partial charge < -0.3 is 10.1 Å². The van der Waals surface area contributed by atoms with Crippen LogP contribution >= 0.6 is 11.6 Å². The highest BCUT2D eigenvalue weighted by atomic mass is 35.5. The zero-order valence-corrected chi connectivity index (χ0v) is 14.5. The zero-order valence-electron chi connectivity index (χ0n) is 13.7. The van der Waals surface area contributed by atoms with Gasteiger partial charge in [0.1, 0.15) is 5.75 Å². The fraction of sp³-hybridized carbons (Fsp3) is 0.316. The Balaban J connectivity index is 2.08. The van der Waals surface area contributed by atoms with E-state index in [1.165, 1.54) is 0 Å². The molecular formula is C19H22ClNO2. The fourth-order valence-electron chi connectivity index (χ4n) is 2.60. The summed E-state index contributed by atoms with van der Waals surface area (Å²) in [4.78, 5) is 12.3. The van der Waals surface area contributed by atoms with Crippen LogP contribution < -0.4 is 10.1 Å². The van der Waals surface area contributed by atoms with Gasteiger partial charge in [0.05, 0.1) is 19.6 Å². The maximum Gasteiger partial charge on any atom is 0.224 e. The Labute approximate surface area is 142 Å². The lowest BCUT2D eigenvalue weighted by molar-refractivity contribution is -0.121. The lowest BCUT2D eigenvalue weighted by Crippen LogP contribution is -2.29. The molecule has 1 N–H and O–H groups in total. The third-order valence-electron chi connectivity index (χ3n) is 3.87. The first kappa shape index (κ1) is 17.4. The van der Waals surface area contributed by atoms with Gasteiger partial charge in [0, 0.05) is 5.02 Å². The summed E-state index contributed by atoms with van der Waals surface area (Å²) in [6, 6.07) is 13.4. The van der Waals surface area contributed by atoms with Gasteiger partial charge in [-0.3, -0.25) is 4.79 Å². The summed E-state index contributed by atoms with van der Waals surface area (Å²) >= 11 is 6.12. The second kappa shape index (κ2) is 8.02. The van der Waals surface area contributed by atoms with Crippen molar-refractivity contribution in [2.75, 3.05) is 7.11 Å². The topological polar surface area (TPSA) is 38.3 Å². The highest BCUT2D eigenvalue weighted by Gasteiger charge is 2.15. The molecule has 3 nitrogen and oxygen atoms in total. The van der Waals surface area contributed by atoms with E-state index in [0.717, 1.165) is 28.9 Å². The van der Waals surface area contributed by atoms with Crippen molar-refractivity contribution in [2.24, 2.45) is 0 Å². The summed E-state index contributed by atoms with van der Waals surface area (Å²) in [5.74, 6) is 0.824. The number of carbonyl (C=O) groups is 1. The van der Waals surface area contributed by atoms with Crippen LogP contribution in [0.25, 0.3) is 0 Å². The first-order valence-electron chi connectivity index (χ1n) is 7.72. The predicted molar refractivity (Wildman–Crippen MR) is 94.1 cm³/mol. The number of ether oxygens (including phenoxy) is 1. The monoisotopic (exact) mass is 331 g/mol. The molecule has 0 aliphatic carbocycles. The molecule has 122 valence electrons. The van der Waals surface area contributed by atoms with Gasteiger partial charge in [-0.05, 0) is 42.2 Å². The molecule has 0 fully saturated rings. The first-order chi connectivity index (χ1) is 11.0. The van der Waals surface area contributed by atoms with Gasteiger partial charge >= 0.3 is 0 Å². The van der Waals surface area contributed by atoms with Crippen molar-refractivity contribution >= 4 is 17.5 Å². The van der Waals surface area contributed by atoms with Crippen LogP contribution in [0.1, 0.15) is 36.1 Å². The molecule has 0 radical (unpaired) electrons. The normalized spacial score (nSPS) is 11.8. The molecule has 2 rings (SSSR count). The van der Waals surface area contributed by atoms with Crippen molar-refractivity contribution in [3.63, 3.8) is 0 Å². The van der Waals surface area contributed by atoms with Crippen molar-refractivity contribution < 1.29 is 9.53 Å². The summed E-state index contributed by atoms with van der Waals surface area (Å²) in [5, 5.41) is 3.71. The average Bonchev–Trinajstić information content (AvgIpc) is 2.54. The van der Waals surface area contributed by atoms with Crippen LogP contribution in [0.4, 0.5) is 0 Å². The summed E-state index contributed by atoms with van der Waals surface area (Å²) in [6.07, 6.45) is 1.10. The molecule has 0 spiro atoms. The molecule has 0 aliphatic heterocycles. The van der Waals surface area contributed by atoms with E-state index in [9.17, 15) is 4.79 Å². The lowest BCUT2D eigenvalue weighted by atomic mass is 10.0. The van der Waals surface area contributed by atoms with E-state index in [1.807, 2.05) is 37.3 Å². The van der Waals surface area contributed by atoms with Crippen LogP contribution in [0.2, 0.25) is 5.02 Å². The van der Waals surface area contributed by atoms with E-state index in [1.54, 1.807) is 13.2 Å². The number of aryl methyl sites for hydroxylation is 1. The number of methoxy groups -OCH3 is 1. The number of halogens is 1. The van der Waals surface area contributed by atoms with Crippen molar-refractivity contribution in [3.05, 3.63) is 64.2 Å². The molecule has 0 aromatic heterocycles. The number of benzene rings is 2. The maximum absolute atomic E-state index is 12.3. The van der Waals surface area contributed by atoms with E-state index in [-0.39, 0.29) is 18.4 Å². The molecule has 2 aromatic carbocycles. The Bertz CT molecular complexity index is 685. The molecule has 2 aromatic rings. The van der Waals surface area contributed by atoms with Crippen LogP contribution in [-0.2, 0) is 11.2 Å². The third kappa shape index (κ3) is 4.49. The van der Waals surface area contributed by atoms with Crippen molar-refractivity contribution in [2.45, 2.75) is 32.7 Å². The van der Waals surface area contributed by atoms with Crippen LogP contribution in [0.5, 0.6) is 5.75 Å². The highest BCUT2D eigenvalue weighted by Crippen LogP contribution is 2.24. The number of nitrogens with one attached hydrogen (secondary N) is 1. The average molecular weight is 332 g/mol. The van der Waals surface area contributed by atoms with Crippen LogP contribution in [0.3, 0.4) is 0 Å². The summed E-state index contributed by atoms with van der Waals surface area (Å²) < 4.78 is 5.28. The molecule has 0 heterocycles. The molecule has 0 bridgehead atoms. The smallest absolute Gasteiger partial charge is 0.224 e. The largest absolute Gasteiger partial charge is 0.496 e. The minimum Gasteiger partial charge on any atom is -0.496 e. The number of hydrogen-bond donors (Lipinski definition) is 1. The predicted octanol–water partition coefficient (Wildman–Crippen LogP) is 4.47. The fourth-order valence-corrected chi connectivity index (χ4v) is 2.80. The Morgan fingerprint density at radius 3 is 2.61 bits per heavy atom. The Kier molecular flexibility index (Phi) is 6.05. The second-order valence-corrected chi connectivity index (χ2v) is 5.93. The summed E-state index contributed by atoms with van der Waals surface area (Å²) in [7, 11) is 1.66. The molecule has 1 atom stereocenters. The zero-order chi connectivity index (χ0) is 16.8. The molecule has 0 unspecified atom stereocenters. The molecule has 0 saturated carbocycles. The molecule has 1 amide bonds. The maximum atomic E-state index is 12.3.